The van der Waals surface area contributed by atoms with Crippen molar-refractivity contribution >= 4 is 40.1 Å². The van der Waals surface area contributed by atoms with E-state index in [4.69, 9.17) is 15.2 Å². The van der Waals surface area contributed by atoms with Crippen LogP contribution in [0.4, 0.5) is 5.69 Å². The van der Waals surface area contributed by atoms with Crippen LogP contribution in [0.3, 0.4) is 0 Å². The molecule has 0 spiro atoms. The van der Waals surface area contributed by atoms with Crippen molar-refractivity contribution in [3.63, 3.8) is 0 Å². The van der Waals surface area contributed by atoms with Crippen LogP contribution in [-0.4, -0.2) is 68.9 Å². The normalized spacial score (nSPS) is 10.4. The van der Waals surface area contributed by atoms with Crippen LogP contribution in [0.25, 0.3) is 10.8 Å². The molecule has 4 rings (SSSR count). The van der Waals surface area contributed by atoms with E-state index in [0.717, 1.165) is 26.8 Å². The fraction of sp³-hybridized carbons (Fsp3) is 0.222. The molecule has 0 atom stereocenters. The molecule has 4 N–H and O–H groups in total. The number of amides is 4. The maximum Gasteiger partial charge on any atom is 0.247 e. The zero-order valence-corrected chi connectivity index (χ0v) is 26.5. The van der Waals surface area contributed by atoms with Crippen molar-refractivity contribution < 1.29 is 28.7 Å². The van der Waals surface area contributed by atoms with E-state index in [0.29, 0.717) is 17.2 Å². The second-order valence-electron chi connectivity index (χ2n) is 10.5. The van der Waals surface area contributed by atoms with Gasteiger partial charge >= 0.3 is 0 Å². The highest BCUT2D eigenvalue weighted by Crippen LogP contribution is 2.26. The van der Waals surface area contributed by atoms with Gasteiger partial charge in [0, 0.05) is 11.7 Å². The number of methoxy groups -OCH3 is 2. The molecule has 47 heavy (non-hydrogen) atoms. The highest BCUT2D eigenvalue weighted by Gasteiger charge is 2.27. The number of nitrogens with one attached hydrogen (secondary N) is 2. The lowest BCUT2D eigenvalue weighted by Crippen LogP contribution is -2.50. The lowest BCUT2D eigenvalue weighted by molar-refractivity contribution is -0.138. The molecule has 4 aromatic rings. The number of ether oxygens (including phenoxy) is 2. The van der Waals surface area contributed by atoms with Crippen LogP contribution >= 0.6 is 0 Å². The molecule has 0 fully saturated rings. The molecular formula is C36H37N5O6. The largest absolute Gasteiger partial charge is 0.497 e. The molecule has 0 aromatic heterocycles. The number of nitrogens with zero attached hydrogens (tertiary/aromatic N) is 2. The van der Waals surface area contributed by atoms with Crippen LogP contribution in [0.15, 0.2) is 91.0 Å². The Labute approximate surface area is 273 Å². The van der Waals surface area contributed by atoms with Crippen LogP contribution in [0.2, 0.25) is 0 Å². The molecule has 0 aliphatic heterocycles. The summed E-state index contributed by atoms with van der Waals surface area (Å²) in [5.74, 6) is 1.53. The van der Waals surface area contributed by atoms with Gasteiger partial charge in [0.05, 0.1) is 26.8 Å². The number of benzene rings is 4. The molecule has 4 amide bonds. The van der Waals surface area contributed by atoms with E-state index in [9.17, 15) is 19.2 Å². The van der Waals surface area contributed by atoms with Crippen molar-refractivity contribution in [2.45, 2.75) is 13.0 Å². The highest BCUT2D eigenvalue weighted by molar-refractivity contribution is 6.02. The van der Waals surface area contributed by atoms with Crippen molar-refractivity contribution in [3.8, 4) is 23.5 Å². The smallest absolute Gasteiger partial charge is 0.247 e. The van der Waals surface area contributed by atoms with E-state index >= 15 is 0 Å². The van der Waals surface area contributed by atoms with Gasteiger partial charge in [0.15, 0.2) is 0 Å². The minimum Gasteiger partial charge on any atom is -0.497 e. The summed E-state index contributed by atoms with van der Waals surface area (Å²) in [5, 5.41) is 7.53. The summed E-state index contributed by atoms with van der Waals surface area (Å²) in [5.41, 5.74) is 7.48. The van der Waals surface area contributed by atoms with Gasteiger partial charge in [-0.1, -0.05) is 60.5 Å². The average molecular weight is 636 g/mol. The molecule has 0 bridgehead atoms. The minimum absolute atomic E-state index is 0.164. The van der Waals surface area contributed by atoms with Crippen molar-refractivity contribution in [1.82, 2.24) is 15.5 Å². The Morgan fingerprint density at radius 1 is 0.766 bits per heavy atom. The van der Waals surface area contributed by atoms with Gasteiger partial charge in [-0.15, -0.1) is 0 Å². The van der Waals surface area contributed by atoms with Crippen molar-refractivity contribution in [2.24, 2.45) is 5.73 Å². The average Bonchev–Trinajstić information content (AvgIpc) is 3.09. The number of hydrogen-bond acceptors (Lipinski definition) is 7. The van der Waals surface area contributed by atoms with Gasteiger partial charge in [-0.25, -0.2) is 0 Å². The predicted molar refractivity (Wildman–Crippen MR) is 180 cm³/mol. The maximum atomic E-state index is 13.7. The topological polar surface area (TPSA) is 143 Å². The van der Waals surface area contributed by atoms with Crippen LogP contribution < -0.4 is 30.7 Å². The molecule has 0 saturated heterocycles. The Balaban J connectivity index is 1.58. The monoisotopic (exact) mass is 635 g/mol. The Morgan fingerprint density at radius 2 is 1.36 bits per heavy atom. The van der Waals surface area contributed by atoms with Gasteiger partial charge in [-0.2, -0.15) is 0 Å². The number of hydrogen-bond donors (Lipinski definition) is 3. The number of rotatable bonds is 14. The molecule has 0 aliphatic rings. The number of nitrogens with two attached hydrogens (primary N) is 1. The first-order valence-corrected chi connectivity index (χ1v) is 14.8. The van der Waals surface area contributed by atoms with Gasteiger partial charge in [0.25, 0.3) is 0 Å². The first-order valence-electron chi connectivity index (χ1n) is 14.8. The molecule has 0 unspecified atom stereocenters. The second kappa shape index (κ2) is 16.3. The summed E-state index contributed by atoms with van der Waals surface area (Å²) < 4.78 is 10.6. The van der Waals surface area contributed by atoms with E-state index < -0.39 is 49.3 Å². The fourth-order valence-electron chi connectivity index (χ4n) is 4.96. The first-order chi connectivity index (χ1) is 22.7. The Bertz CT molecular complexity index is 1730. The molecule has 11 heteroatoms. The Kier molecular flexibility index (Phi) is 11.8. The zero-order valence-electron chi connectivity index (χ0n) is 26.5. The second-order valence-corrected chi connectivity index (χ2v) is 10.5. The third-order valence-corrected chi connectivity index (χ3v) is 7.33. The molecule has 0 radical (unpaired) electrons. The highest BCUT2D eigenvalue weighted by atomic mass is 16.5. The maximum absolute atomic E-state index is 13.7. The van der Waals surface area contributed by atoms with Gasteiger partial charge in [0.1, 0.15) is 31.1 Å². The van der Waals surface area contributed by atoms with Crippen molar-refractivity contribution in [2.75, 3.05) is 45.3 Å². The summed E-state index contributed by atoms with van der Waals surface area (Å²) in [7, 11) is 3.12. The number of carbonyl (C=O) groups is 4. The predicted octanol–water partition coefficient (Wildman–Crippen LogP) is 2.98. The molecule has 0 heterocycles. The van der Waals surface area contributed by atoms with Gasteiger partial charge in [-0.05, 0) is 65.2 Å². The Morgan fingerprint density at radius 3 is 1.91 bits per heavy atom. The number of carbonyl (C=O) groups excluding carboxylic acids is 4. The van der Waals surface area contributed by atoms with Crippen LogP contribution in [0.1, 0.15) is 24.1 Å². The van der Waals surface area contributed by atoms with Gasteiger partial charge in [0.2, 0.25) is 23.6 Å². The van der Waals surface area contributed by atoms with Crippen LogP contribution in [0, 0.1) is 12.0 Å². The summed E-state index contributed by atoms with van der Waals surface area (Å²) in [6, 6.07) is 29.4. The van der Waals surface area contributed by atoms with Crippen molar-refractivity contribution in [1.29, 1.82) is 0 Å². The quantitative estimate of drug-likeness (QED) is 0.143. The lowest BCUT2D eigenvalue weighted by atomic mass is 9.98. The Hall–Kier alpha value is -6.02. The van der Waals surface area contributed by atoms with Crippen LogP contribution in [0.5, 0.6) is 11.5 Å². The summed E-state index contributed by atoms with van der Waals surface area (Å²) in [4.78, 5) is 55.0. The third kappa shape index (κ3) is 9.25. The van der Waals surface area contributed by atoms with E-state index in [1.54, 1.807) is 57.5 Å². The van der Waals surface area contributed by atoms with E-state index in [2.05, 4.69) is 22.6 Å². The summed E-state index contributed by atoms with van der Waals surface area (Å²) >= 11 is 0. The van der Waals surface area contributed by atoms with Crippen molar-refractivity contribution in [3.05, 3.63) is 102 Å². The SMILES string of the molecule is CC#CNCC(=O)N(CC(=O)N(CC(N)=O)CC(=O)NC(c1ccc(OC)cc1)c1ccc(OC)cc1)c1ccc2ccccc2c1. The third-order valence-electron chi connectivity index (χ3n) is 7.33. The standard InChI is InChI=1S/C36H37N5O6/c1-4-19-38-21-34(44)41(29-14-9-25-7-5-6-8-28(25)20-29)24-35(45)40(22-32(37)42)23-33(43)39-36(26-10-15-30(46-2)16-11-26)27-12-17-31(47-3)18-13-27/h5-18,20,36,38H,21-24H2,1-3H3,(H2,37,42)(H,39,43). The number of anilines is 1. The van der Waals surface area contributed by atoms with Gasteiger partial charge in [-0.3, -0.25) is 19.2 Å². The fourth-order valence-corrected chi connectivity index (χ4v) is 4.96. The first kappa shape index (κ1) is 33.9. The minimum atomic E-state index is -0.809. The number of primary amides is 1. The summed E-state index contributed by atoms with van der Waals surface area (Å²) in [6.45, 7) is 0.00983. The zero-order chi connectivity index (χ0) is 33.8. The number of fused-ring (bicyclic) bond motifs is 1. The molecule has 11 nitrogen and oxygen atoms in total. The molecule has 4 aromatic carbocycles. The van der Waals surface area contributed by atoms with Gasteiger partial charge < -0.3 is 35.6 Å². The molecular weight excluding hydrogens is 598 g/mol. The van der Waals surface area contributed by atoms with E-state index in [1.807, 2.05) is 54.6 Å². The lowest BCUT2D eigenvalue weighted by Gasteiger charge is -2.28. The van der Waals surface area contributed by atoms with E-state index in [1.165, 1.54) is 4.90 Å². The molecule has 242 valence electrons. The molecule has 0 saturated carbocycles. The summed E-state index contributed by atoms with van der Waals surface area (Å²) in [6.07, 6.45) is 0. The van der Waals surface area contributed by atoms with Crippen LogP contribution in [-0.2, 0) is 19.2 Å². The van der Waals surface area contributed by atoms with E-state index in [-0.39, 0.29) is 6.54 Å². The molecule has 0 aliphatic carbocycles.